The second-order valence-electron chi connectivity index (χ2n) is 2.05. The molecule has 0 aromatic rings. The predicted octanol–water partition coefficient (Wildman–Crippen LogP) is -5.12. The van der Waals surface area contributed by atoms with Crippen molar-refractivity contribution in [3.63, 3.8) is 0 Å². The van der Waals surface area contributed by atoms with Gasteiger partial charge in [-0.15, -0.1) is 0 Å². The second-order valence-corrected chi connectivity index (χ2v) is 2.05. The topological polar surface area (TPSA) is 44.9 Å². The van der Waals surface area contributed by atoms with Crippen LogP contribution in [0.2, 0.25) is 0 Å². The fourth-order valence-corrected chi connectivity index (χ4v) is 0.795. The van der Waals surface area contributed by atoms with Gasteiger partial charge in [-0.1, -0.05) is 0 Å². The third-order valence-electron chi connectivity index (χ3n) is 1.43. The molecule has 0 rings (SSSR count). The molecule has 64 valence electrons. The van der Waals surface area contributed by atoms with Crippen LogP contribution in [-0.4, -0.2) is 43.1 Å². The Balaban J connectivity index is 0. The highest BCUT2D eigenvalue weighted by atomic mass is 35.5. The van der Waals surface area contributed by atoms with Crippen molar-refractivity contribution in [1.82, 2.24) is 0 Å². The lowest BCUT2D eigenvalue weighted by molar-refractivity contribution is -0.898. The molecule has 0 aliphatic heterocycles. The van der Waals surface area contributed by atoms with Crippen molar-refractivity contribution in [2.24, 2.45) is 0 Å². The van der Waals surface area contributed by atoms with Crippen LogP contribution in [0.25, 0.3) is 0 Å². The quantitative estimate of drug-likeness (QED) is 0.386. The molecule has 4 heteroatoms. The number of aliphatic hydroxyl groups excluding tert-OH is 2. The first-order valence-corrected chi connectivity index (χ1v) is 3.40. The van der Waals surface area contributed by atoms with Gasteiger partial charge in [0.05, 0.1) is 19.8 Å². The van der Waals surface area contributed by atoms with Crippen LogP contribution >= 0.6 is 0 Å². The summed E-state index contributed by atoms with van der Waals surface area (Å²) < 4.78 is 0. The van der Waals surface area contributed by atoms with Crippen LogP contribution in [0, 0.1) is 0 Å². The van der Waals surface area contributed by atoms with E-state index in [4.69, 9.17) is 10.2 Å². The maximum atomic E-state index is 8.49. The number of likely N-dealkylation sites (N-methyl/N-ethyl adjacent to an activating group) is 1. The van der Waals surface area contributed by atoms with Crippen LogP contribution in [-0.2, 0) is 0 Å². The maximum Gasteiger partial charge on any atom is 0.101 e. The average molecular weight is 170 g/mol. The smallest absolute Gasteiger partial charge is 0.101 e. The molecule has 3 nitrogen and oxygen atoms in total. The molecule has 0 heterocycles. The van der Waals surface area contributed by atoms with Gasteiger partial charge in [0, 0.05) is 0 Å². The number of nitrogens with one attached hydrogen (secondary N) is 1. The summed E-state index contributed by atoms with van der Waals surface area (Å²) in [6.45, 7) is 4.93. The van der Waals surface area contributed by atoms with E-state index in [2.05, 4.69) is 0 Å². The van der Waals surface area contributed by atoms with Gasteiger partial charge in [-0.2, -0.15) is 0 Å². The normalized spacial score (nSPS) is 9.60. The van der Waals surface area contributed by atoms with Crippen LogP contribution < -0.4 is 17.3 Å². The van der Waals surface area contributed by atoms with Gasteiger partial charge in [0.15, 0.2) is 0 Å². The fraction of sp³-hybridized carbons (Fsp3) is 1.00. The lowest BCUT2D eigenvalue weighted by atomic mass is 10.5. The van der Waals surface area contributed by atoms with E-state index in [-0.39, 0.29) is 25.6 Å². The molecule has 0 aliphatic carbocycles. The minimum Gasteiger partial charge on any atom is -1.00 e. The molecule has 3 N–H and O–H groups in total. The molecule has 0 aliphatic rings. The molecular weight excluding hydrogens is 154 g/mol. The van der Waals surface area contributed by atoms with Crippen molar-refractivity contribution in [1.29, 1.82) is 0 Å². The Morgan fingerprint density at radius 1 is 1.10 bits per heavy atom. The minimum atomic E-state index is 0. The van der Waals surface area contributed by atoms with Crippen molar-refractivity contribution in [3.05, 3.63) is 0 Å². The number of rotatable bonds is 5. The number of hydrogen-bond donors (Lipinski definition) is 3. The third-order valence-corrected chi connectivity index (χ3v) is 1.43. The van der Waals surface area contributed by atoms with Crippen molar-refractivity contribution in [3.8, 4) is 0 Å². The summed E-state index contributed by atoms with van der Waals surface area (Å²) in [4.78, 5) is 1.25. The van der Waals surface area contributed by atoms with E-state index < -0.39 is 0 Å². The van der Waals surface area contributed by atoms with Crippen molar-refractivity contribution in [2.45, 2.75) is 6.92 Å². The number of quaternary nitrogens is 1. The summed E-state index contributed by atoms with van der Waals surface area (Å²) in [5.74, 6) is 0. The van der Waals surface area contributed by atoms with Crippen LogP contribution in [0.4, 0.5) is 0 Å². The van der Waals surface area contributed by atoms with E-state index in [1.54, 1.807) is 0 Å². The molecule has 0 unspecified atom stereocenters. The first kappa shape index (κ1) is 12.8. The van der Waals surface area contributed by atoms with Crippen LogP contribution in [0.3, 0.4) is 0 Å². The molecule has 0 saturated heterocycles. The average Bonchev–Trinajstić information content (AvgIpc) is 1.88. The van der Waals surface area contributed by atoms with Gasteiger partial charge in [0.2, 0.25) is 0 Å². The highest BCUT2D eigenvalue weighted by Crippen LogP contribution is 1.51. The van der Waals surface area contributed by atoms with E-state index in [1.807, 2.05) is 6.92 Å². The van der Waals surface area contributed by atoms with Gasteiger partial charge in [0.25, 0.3) is 0 Å². The summed E-state index contributed by atoms with van der Waals surface area (Å²) in [5, 5.41) is 17.0. The Morgan fingerprint density at radius 3 is 1.70 bits per heavy atom. The molecule has 0 fully saturated rings. The lowest BCUT2D eigenvalue weighted by Gasteiger charge is -2.13. The number of halogens is 1. The lowest BCUT2D eigenvalue weighted by Crippen LogP contribution is -3.12. The maximum absolute atomic E-state index is 8.49. The van der Waals surface area contributed by atoms with Gasteiger partial charge >= 0.3 is 0 Å². The minimum absolute atomic E-state index is 0. The molecule has 0 amide bonds. The van der Waals surface area contributed by atoms with Gasteiger partial charge < -0.3 is 27.5 Å². The Labute approximate surface area is 68.1 Å². The summed E-state index contributed by atoms with van der Waals surface area (Å²) >= 11 is 0. The molecule has 0 bridgehead atoms. The molecule has 0 aromatic carbocycles. The Kier molecular flexibility index (Phi) is 11.7. The fourth-order valence-electron chi connectivity index (χ4n) is 0.795. The Bertz CT molecular complexity index is 57.7. The first-order chi connectivity index (χ1) is 4.35. The predicted molar refractivity (Wildman–Crippen MR) is 35.4 cm³/mol. The van der Waals surface area contributed by atoms with Gasteiger partial charge in [0.1, 0.15) is 13.1 Å². The van der Waals surface area contributed by atoms with E-state index in [0.29, 0.717) is 0 Å². The van der Waals surface area contributed by atoms with E-state index >= 15 is 0 Å². The molecule has 0 saturated carbocycles. The zero-order valence-corrected chi connectivity index (χ0v) is 7.06. The number of hydrogen-bond acceptors (Lipinski definition) is 2. The molecule has 0 spiro atoms. The zero-order chi connectivity index (χ0) is 7.11. The van der Waals surface area contributed by atoms with Crippen molar-refractivity contribution >= 4 is 0 Å². The molecule has 10 heavy (non-hydrogen) atoms. The highest BCUT2D eigenvalue weighted by Gasteiger charge is 2.00. The summed E-state index contributed by atoms with van der Waals surface area (Å²) in [6, 6.07) is 0. The highest BCUT2D eigenvalue weighted by molar-refractivity contribution is 4.24. The standard InChI is InChI=1S/C6H15NO2.ClH/c1-2-7(3-5-8)4-6-9;/h8-9H,2-6H2,1H3;1H. The summed E-state index contributed by atoms with van der Waals surface area (Å²) in [7, 11) is 0. The zero-order valence-electron chi connectivity index (χ0n) is 6.31. The van der Waals surface area contributed by atoms with Crippen molar-refractivity contribution < 1.29 is 27.5 Å². The van der Waals surface area contributed by atoms with Gasteiger partial charge in [-0.25, -0.2) is 0 Å². The van der Waals surface area contributed by atoms with Crippen LogP contribution in [0.15, 0.2) is 0 Å². The summed E-state index contributed by atoms with van der Waals surface area (Å²) in [6.07, 6.45) is 0. The van der Waals surface area contributed by atoms with E-state index in [0.717, 1.165) is 19.6 Å². The molecule has 0 radical (unpaired) electrons. The summed E-state index contributed by atoms with van der Waals surface area (Å²) in [5.41, 5.74) is 0. The largest absolute Gasteiger partial charge is 1.00 e. The Hall–Kier alpha value is 0.170. The van der Waals surface area contributed by atoms with Gasteiger partial charge in [-0.05, 0) is 6.92 Å². The second kappa shape index (κ2) is 9.17. The third kappa shape index (κ3) is 6.29. The first-order valence-electron chi connectivity index (χ1n) is 3.40. The molecule has 0 aromatic heterocycles. The van der Waals surface area contributed by atoms with Crippen LogP contribution in [0.5, 0.6) is 0 Å². The monoisotopic (exact) mass is 169 g/mol. The number of aliphatic hydroxyl groups is 2. The van der Waals surface area contributed by atoms with Crippen LogP contribution in [0.1, 0.15) is 6.92 Å². The molecular formula is C6H16ClNO2. The van der Waals surface area contributed by atoms with E-state index in [1.165, 1.54) is 4.90 Å². The van der Waals surface area contributed by atoms with Gasteiger partial charge in [-0.3, -0.25) is 0 Å². The SMILES string of the molecule is CC[NH+](CCO)CCO.[Cl-]. The van der Waals surface area contributed by atoms with Crippen molar-refractivity contribution in [2.75, 3.05) is 32.8 Å². The Morgan fingerprint density at radius 2 is 1.50 bits per heavy atom. The molecule has 0 atom stereocenters. The van der Waals surface area contributed by atoms with E-state index in [9.17, 15) is 0 Å².